The molecule has 0 amide bonds. The van der Waals surface area contributed by atoms with E-state index in [2.05, 4.69) is 48.2 Å². The minimum Gasteiger partial charge on any atom is -0.313 e. The summed E-state index contributed by atoms with van der Waals surface area (Å²) in [5.41, 5.74) is 1.36. The topological polar surface area (TPSA) is 28.2 Å². The molecular weight excluding hydrogens is 210 g/mol. The van der Waals surface area contributed by atoms with Crippen LogP contribution in [0.15, 0.2) is 24.5 Å². The van der Waals surface area contributed by atoms with Crippen LogP contribution in [0.4, 0.5) is 0 Å². The van der Waals surface area contributed by atoms with Crippen molar-refractivity contribution in [1.29, 1.82) is 0 Å². The Bertz CT molecular complexity index is 337. The predicted octanol–water partition coefficient (Wildman–Crippen LogP) is 2.07. The number of pyridine rings is 1. The van der Waals surface area contributed by atoms with Crippen LogP contribution in [0.1, 0.15) is 31.9 Å². The van der Waals surface area contributed by atoms with E-state index in [1.165, 1.54) is 12.0 Å². The van der Waals surface area contributed by atoms with Crippen LogP contribution in [0.25, 0.3) is 0 Å². The third-order valence-corrected chi connectivity index (χ3v) is 3.62. The maximum absolute atomic E-state index is 4.09. The Hall–Kier alpha value is -0.930. The summed E-state index contributed by atoms with van der Waals surface area (Å²) in [6.45, 7) is 6.74. The lowest BCUT2D eigenvalue weighted by Crippen LogP contribution is -2.51. The molecule has 1 unspecified atom stereocenters. The minimum absolute atomic E-state index is 0.482. The maximum atomic E-state index is 4.09. The number of hydrogen-bond acceptors (Lipinski definition) is 3. The van der Waals surface area contributed by atoms with Crippen LogP contribution in [-0.2, 0) is 0 Å². The highest BCUT2D eigenvalue weighted by molar-refractivity contribution is 5.16. The molecule has 0 radical (unpaired) electrons. The first-order valence-corrected chi connectivity index (χ1v) is 6.51. The van der Waals surface area contributed by atoms with Crippen LogP contribution in [0.3, 0.4) is 0 Å². The fourth-order valence-electron chi connectivity index (χ4n) is 2.66. The summed E-state index contributed by atoms with van der Waals surface area (Å²) < 4.78 is 0. The molecular formula is C14H23N3. The van der Waals surface area contributed by atoms with Crippen LogP contribution in [0.2, 0.25) is 0 Å². The van der Waals surface area contributed by atoms with Crippen molar-refractivity contribution in [3.05, 3.63) is 30.1 Å². The molecule has 0 saturated carbocycles. The fraction of sp³-hybridized carbons (Fsp3) is 0.643. The van der Waals surface area contributed by atoms with Crippen LogP contribution in [0, 0.1) is 5.92 Å². The number of rotatable bonds is 3. The zero-order chi connectivity index (χ0) is 12.3. The molecule has 1 aliphatic rings. The first-order valence-electron chi connectivity index (χ1n) is 6.51. The van der Waals surface area contributed by atoms with Crippen LogP contribution >= 0.6 is 0 Å². The monoisotopic (exact) mass is 233 g/mol. The van der Waals surface area contributed by atoms with Crippen molar-refractivity contribution in [3.8, 4) is 0 Å². The fourth-order valence-corrected chi connectivity index (χ4v) is 2.66. The van der Waals surface area contributed by atoms with Gasteiger partial charge in [-0.2, -0.15) is 0 Å². The summed E-state index contributed by atoms with van der Waals surface area (Å²) in [7, 11) is 2.25. The second-order valence-corrected chi connectivity index (χ2v) is 5.40. The highest BCUT2D eigenvalue weighted by Gasteiger charge is 2.28. The van der Waals surface area contributed by atoms with E-state index in [0.29, 0.717) is 12.1 Å². The number of aromatic nitrogens is 1. The van der Waals surface area contributed by atoms with E-state index in [9.17, 15) is 0 Å². The smallest absolute Gasteiger partial charge is 0.0474 e. The van der Waals surface area contributed by atoms with Crippen molar-refractivity contribution in [1.82, 2.24) is 15.2 Å². The van der Waals surface area contributed by atoms with E-state index < -0.39 is 0 Å². The quantitative estimate of drug-likeness (QED) is 0.866. The molecule has 0 spiro atoms. The highest BCUT2D eigenvalue weighted by atomic mass is 15.2. The van der Waals surface area contributed by atoms with Crippen molar-refractivity contribution in [2.45, 2.75) is 32.4 Å². The second kappa shape index (κ2) is 5.61. The van der Waals surface area contributed by atoms with Gasteiger partial charge in [0, 0.05) is 37.6 Å². The molecule has 0 aliphatic carbocycles. The summed E-state index contributed by atoms with van der Waals surface area (Å²) in [5, 5.41) is 3.56. The van der Waals surface area contributed by atoms with E-state index in [4.69, 9.17) is 0 Å². The van der Waals surface area contributed by atoms with Crippen molar-refractivity contribution >= 4 is 0 Å². The molecule has 1 aromatic heterocycles. The average molecular weight is 233 g/mol. The Morgan fingerprint density at radius 3 is 2.71 bits per heavy atom. The van der Waals surface area contributed by atoms with E-state index in [-0.39, 0.29) is 0 Å². The maximum Gasteiger partial charge on any atom is 0.0474 e. The molecule has 17 heavy (non-hydrogen) atoms. The van der Waals surface area contributed by atoms with Gasteiger partial charge in [-0.15, -0.1) is 0 Å². The molecule has 0 aromatic carbocycles. The molecule has 94 valence electrons. The summed E-state index contributed by atoms with van der Waals surface area (Å²) in [4.78, 5) is 6.61. The summed E-state index contributed by atoms with van der Waals surface area (Å²) in [6, 6.07) is 5.37. The van der Waals surface area contributed by atoms with Gasteiger partial charge in [-0.1, -0.05) is 13.8 Å². The number of likely N-dealkylation sites (N-methyl/N-ethyl adjacent to an activating group) is 1. The van der Waals surface area contributed by atoms with Gasteiger partial charge in [0.1, 0.15) is 0 Å². The molecule has 3 heteroatoms. The Morgan fingerprint density at radius 1 is 1.35 bits per heavy atom. The van der Waals surface area contributed by atoms with Crippen molar-refractivity contribution in [2.75, 3.05) is 20.1 Å². The molecule has 2 atom stereocenters. The Balaban J connectivity index is 2.08. The van der Waals surface area contributed by atoms with Gasteiger partial charge in [-0.25, -0.2) is 0 Å². The molecule has 1 aromatic rings. The lowest BCUT2D eigenvalue weighted by atomic mass is 9.96. The molecule has 3 nitrogen and oxygen atoms in total. The molecule has 0 bridgehead atoms. The minimum atomic E-state index is 0.482. The standard InChI is InChI=1S/C14H23N3/c1-11(2)8-13-9-16-10-14(17(13)3)12-4-6-15-7-5-12/h4-7,11,13-14,16H,8-10H2,1-3H3/t13-,14?/m1/s1. The van der Waals surface area contributed by atoms with Gasteiger partial charge in [0.15, 0.2) is 0 Å². The Kier molecular flexibility index (Phi) is 4.13. The van der Waals surface area contributed by atoms with Gasteiger partial charge in [-0.05, 0) is 37.1 Å². The number of nitrogens with one attached hydrogen (secondary N) is 1. The number of piperazine rings is 1. The van der Waals surface area contributed by atoms with Gasteiger partial charge in [0.2, 0.25) is 0 Å². The van der Waals surface area contributed by atoms with Crippen LogP contribution in [-0.4, -0.2) is 36.1 Å². The SMILES string of the molecule is CC(C)C[C@@H]1CNCC(c2ccncc2)N1C. The predicted molar refractivity (Wildman–Crippen MR) is 70.9 cm³/mol. The summed E-state index contributed by atoms with van der Waals surface area (Å²) >= 11 is 0. The molecule has 1 N–H and O–H groups in total. The zero-order valence-corrected chi connectivity index (χ0v) is 11.1. The lowest BCUT2D eigenvalue weighted by molar-refractivity contribution is 0.113. The van der Waals surface area contributed by atoms with Gasteiger partial charge < -0.3 is 5.32 Å². The van der Waals surface area contributed by atoms with Gasteiger partial charge in [0.25, 0.3) is 0 Å². The van der Waals surface area contributed by atoms with E-state index in [1.54, 1.807) is 0 Å². The van der Waals surface area contributed by atoms with Crippen molar-refractivity contribution < 1.29 is 0 Å². The lowest BCUT2D eigenvalue weighted by Gasteiger charge is -2.41. The van der Waals surface area contributed by atoms with E-state index >= 15 is 0 Å². The van der Waals surface area contributed by atoms with E-state index in [0.717, 1.165) is 19.0 Å². The van der Waals surface area contributed by atoms with E-state index in [1.807, 2.05) is 12.4 Å². The first-order chi connectivity index (χ1) is 8.18. The Morgan fingerprint density at radius 2 is 2.06 bits per heavy atom. The van der Waals surface area contributed by atoms with Gasteiger partial charge in [-0.3, -0.25) is 9.88 Å². The molecule has 1 saturated heterocycles. The van der Waals surface area contributed by atoms with Gasteiger partial charge >= 0.3 is 0 Å². The average Bonchev–Trinajstić information content (AvgIpc) is 2.32. The van der Waals surface area contributed by atoms with Crippen LogP contribution in [0.5, 0.6) is 0 Å². The van der Waals surface area contributed by atoms with Gasteiger partial charge in [0.05, 0.1) is 0 Å². The third kappa shape index (κ3) is 3.05. The molecule has 2 rings (SSSR count). The third-order valence-electron chi connectivity index (χ3n) is 3.62. The summed E-state index contributed by atoms with van der Waals surface area (Å²) in [5.74, 6) is 0.750. The second-order valence-electron chi connectivity index (χ2n) is 5.40. The number of nitrogens with zero attached hydrogens (tertiary/aromatic N) is 2. The molecule has 1 aliphatic heterocycles. The highest BCUT2D eigenvalue weighted by Crippen LogP contribution is 2.25. The molecule has 2 heterocycles. The van der Waals surface area contributed by atoms with Crippen molar-refractivity contribution in [2.24, 2.45) is 5.92 Å². The Labute approximate surface area is 104 Å². The summed E-state index contributed by atoms with van der Waals surface area (Å²) in [6.07, 6.45) is 5.02. The largest absolute Gasteiger partial charge is 0.313 e. The first kappa shape index (κ1) is 12.5. The zero-order valence-electron chi connectivity index (χ0n) is 11.1. The number of hydrogen-bond donors (Lipinski definition) is 1. The molecule has 1 fully saturated rings. The van der Waals surface area contributed by atoms with Crippen LogP contribution < -0.4 is 5.32 Å². The van der Waals surface area contributed by atoms with Crippen molar-refractivity contribution in [3.63, 3.8) is 0 Å². The normalized spacial score (nSPS) is 26.4.